The second kappa shape index (κ2) is 5.32. The van der Waals surface area contributed by atoms with Crippen LogP contribution >= 0.6 is 0 Å². The molecule has 0 saturated heterocycles. The third-order valence-corrected chi connectivity index (χ3v) is 1.91. The van der Waals surface area contributed by atoms with Gasteiger partial charge in [0.25, 0.3) is 0 Å². The highest BCUT2D eigenvalue weighted by Gasteiger charge is 2.04. The van der Waals surface area contributed by atoms with Crippen LogP contribution in [0.25, 0.3) is 5.57 Å². The highest BCUT2D eigenvalue weighted by Crippen LogP contribution is 2.16. The number of hydrogen-bond donors (Lipinski definition) is 1. The van der Waals surface area contributed by atoms with Gasteiger partial charge >= 0.3 is 0 Å². The number of nitrogens with two attached hydrogens (primary N) is 1. The minimum atomic E-state index is 0.369. The molecular formula is C12H16N2O. The molecule has 0 radical (unpaired) electrons. The standard InChI is InChI=1S/C12H16N2O/c1-4-10(6-5-9(2)3)12-7-11(8-13)15-14-12/h4-7H,2,8,13H2,1,3H3/b6-5-,10-4+. The quantitative estimate of drug-likeness (QED) is 0.767. The fraction of sp³-hybridized carbons (Fsp3) is 0.250. The molecule has 1 rings (SSSR count). The summed E-state index contributed by atoms with van der Waals surface area (Å²) in [6.07, 6.45) is 5.87. The first-order chi connectivity index (χ1) is 7.17. The summed E-state index contributed by atoms with van der Waals surface area (Å²) in [5.41, 5.74) is 8.24. The number of nitrogens with zero attached hydrogens (tertiary/aromatic N) is 1. The molecule has 0 aromatic carbocycles. The zero-order valence-electron chi connectivity index (χ0n) is 9.16. The van der Waals surface area contributed by atoms with Gasteiger partial charge in [-0.3, -0.25) is 0 Å². The van der Waals surface area contributed by atoms with Crippen molar-refractivity contribution in [2.45, 2.75) is 20.4 Å². The van der Waals surface area contributed by atoms with Gasteiger partial charge < -0.3 is 10.3 Å². The molecule has 0 saturated carbocycles. The molecule has 3 heteroatoms. The van der Waals surface area contributed by atoms with Crippen molar-refractivity contribution in [2.24, 2.45) is 5.73 Å². The van der Waals surface area contributed by atoms with Crippen LogP contribution in [0.2, 0.25) is 0 Å². The van der Waals surface area contributed by atoms with E-state index in [9.17, 15) is 0 Å². The summed E-state index contributed by atoms with van der Waals surface area (Å²) in [4.78, 5) is 0. The van der Waals surface area contributed by atoms with Crippen molar-refractivity contribution in [1.82, 2.24) is 5.16 Å². The molecule has 0 aliphatic carbocycles. The van der Waals surface area contributed by atoms with Crippen LogP contribution in [0.1, 0.15) is 25.3 Å². The molecule has 0 spiro atoms. The number of hydrogen-bond acceptors (Lipinski definition) is 3. The van der Waals surface area contributed by atoms with Crippen molar-refractivity contribution in [2.75, 3.05) is 0 Å². The van der Waals surface area contributed by atoms with E-state index < -0.39 is 0 Å². The summed E-state index contributed by atoms with van der Waals surface area (Å²) >= 11 is 0. The average molecular weight is 204 g/mol. The number of rotatable bonds is 4. The van der Waals surface area contributed by atoms with E-state index in [0.29, 0.717) is 12.3 Å². The van der Waals surface area contributed by atoms with Crippen LogP contribution < -0.4 is 5.73 Å². The molecule has 0 aliphatic rings. The van der Waals surface area contributed by atoms with Gasteiger partial charge in [-0.15, -0.1) is 0 Å². The molecule has 1 heterocycles. The number of aromatic nitrogens is 1. The van der Waals surface area contributed by atoms with Crippen molar-refractivity contribution in [3.8, 4) is 0 Å². The molecule has 0 fully saturated rings. The molecule has 3 nitrogen and oxygen atoms in total. The maximum atomic E-state index is 5.44. The Hall–Kier alpha value is -1.61. The minimum Gasteiger partial charge on any atom is -0.359 e. The van der Waals surface area contributed by atoms with Crippen LogP contribution in [-0.4, -0.2) is 5.16 Å². The van der Waals surface area contributed by atoms with E-state index in [0.717, 1.165) is 16.8 Å². The predicted octanol–water partition coefficient (Wildman–Crippen LogP) is 2.67. The Kier molecular flexibility index (Phi) is 4.06. The molecule has 15 heavy (non-hydrogen) atoms. The lowest BCUT2D eigenvalue weighted by atomic mass is 10.1. The lowest BCUT2D eigenvalue weighted by Crippen LogP contribution is -1.92. The van der Waals surface area contributed by atoms with Crippen LogP contribution in [0.5, 0.6) is 0 Å². The summed E-state index contributed by atoms with van der Waals surface area (Å²) in [5, 5.41) is 3.93. The largest absolute Gasteiger partial charge is 0.359 e. The topological polar surface area (TPSA) is 52.0 Å². The Morgan fingerprint density at radius 1 is 1.60 bits per heavy atom. The van der Waals surface area contributed by atoms with Gasteiger partial charge in [0.15, 0.2) is 5.76 Å². The fourth-order valence-corrected chi connectivity index (χ4v) is 1.11. The van der Waals surface area contributed by atoms with E-state index in [1.807, 2.05) is 38.1 Å². The SMILES string of the molecule is C=C(C)/C=C\C(=C/C)c1cc(CN)on1. The smallest absolute Gasteiger partial charge is 0.150 e. The maximum Gasteiger partial charge on any atom is 0.150 e. The summed E-state index contributed by atoms with van der Waals surface area (Å²) in [5.74, 6) is 0.688. The van der Waals surface area contributed by atoms with E-state index in [1.54, 1.807) is 0 Å². The molecule has 0 aliphatic heterocycles. The van der Waals surface area contributed by atoms with Crippen LogP contribution in [-0.2, 0) is 6.54 Å². The second-order valence-corrected chi connectivity index (χ2v) is 3.31. The van der Waals surface area contributed by atoms with Crippen molar-refractivity contribution < 1.29 is 4.52 Å². The molecule has 1 aromatic heterocycles. The summed E-state index contributed by atoms with van der Waals surface area (Å²) in [7, 11) is 0. The lowest BCUT2D eigenvalue weighted by molar-refractivity contribution is 0.383. The van der Waals surface area contributed by atoms with Crippen molar-refractivity contribution in [1.29, 1.82) is 0 Å². The van der Waals surface area contributed by atoms with Crippen LogP contribution in [0.4, 0.5) is 0 Å². The van der Waals surface area contributed by atoms with Crippen molar-refractivity contribution in [3.63, 3.8) is 0 Å². The van der Waals surface area contributed by atoms with Gasteiger partial charge in [0.05, 0.1) is 6.54 Å². The summed E-state index contributed by atoms with van der Waals surface area (Å²) in [6, 6.07) is 1.85. The molecule has 0 bridgehead atoms. The predicted molar refractivity (Wildman–Crippen MR) is 62.0 cm³/mol. The van der Waals surface area contributed by atoms with E-state index >= 15 is 0 Å². The van der Waals surface area contributed by atoms with Gasteiger partial charge in [0.2, 0.25) is 0 Å². The lowest BCUT2D eigenvalue weighted by Gasteiger charge is -1.93. The van der Waals surface area contributed by atoms with E-state index in [2.05, 4.69) is 11.7 Å². The highest BCUT2D eigenvalue weighted by molar-refractivity contribution is 5.71. The second-order valence-electron chi connectivity index (χ2n) is 3.31. The van der Waals surface area contributed by atoms with E-state index in [4.69, 9.17) is 10.3 Å². The average Bonchev–Trinajstić information content (AvgIpc) is 2.67. The first kappa shape index (κ1) is 11.5. The van der Waals surface area contributed by atoms with Gasteiger partial charge in [-0.25, -0.2) is 0 Å². The van der Waals surface area contributed by atoms with Crippen LogP contribution in [0, 0.1) is 0 Å². The summed E-state index contributed by atoms with van der Waals surface area (Å²) < 4.78 is 5.03. The van der Waals surface area contributed by atoms with Crippen molar-refractivity contribution >= 4 is 5.57 Å². The Morgan fingerprint density at radius 3 is 2.80 bits per heavy atom. The zero-order chi connectivity index (χ0) is 11.3. The van der Waals surface area contributed by atoms with Gasteiger partial charge in [0.1, 0.15) is 5.69 Å². The first-order valence-corrected chi connectivity index (χ1v) is 4.83. The van der Waals surface area contributed by atoms with Gasteiger partial charge in [-0.1, -0.05) is 35.5 Å². The number of allylic oxidation sites excluding steroid dienone is 5. The molecule has 2 N–H and O–H groups in total. The first-order valence-electron chi connectivity index (χ1n) is 4.83. The molecule has 1 aromatic rings. The van der Waals surface area contributed by atoms with Gasteiger partial charge in [-0.05, 0) is 19.4 Å². The summed E-state index contributed by atoms with van der Waals surface area (Å²) in [6.45, 7) is 8.06. The van der Waals surface area contributed by atoms with Crippen LogP contribution in [0.15, 0.2) is 41.0 Å². The van der Waals surface area contributed by atoms with E-state index in [-0.39, 0.29) is 0 Å². The van der Waals surface area contributed by atoms with Crippen molar-refractivity contribution in [3.05, 3.63) is 47.9 Å². The molecule has 0 atom stereocenters. The Morgan fingerprint density at radius 2 is 2.33 bits per heavy atom. The molecule has 0 amide bonds. The Bertz CT molecular complexity index is 400. The third-order valence-electron chi connectivity index (χ3n) is 1.91. The highest BCUT2D eigenvalue weighted by atomic mass is 16.5. The monoisotopic (exact) mass is 204 g/mol. The molecule has 0 unspecified atom stereocenters. The van der Waals surface area contributed by atoms with E-state index in [1.165, 1.54) is 0 Å². The third kappa shape index (κ3) is 3.22. The normalized spacial score (nSPS) is 12.3. The Balaban J connectivity index is 2.89. The maximum absolute atomic E-state index is 5.44. The Labute approximate surface area is 90.0 Å². The van der Waals surface area contributed by atoms with Crippen LogP contribution in [0.3, 0.4) is 0 Å². The molecular weight excluding hydrogens is 188 g/mol. The van der Waals surface area contributed by atoms with Gasteiger partial charge in [0, 0.05) is 6.07 Å². The van der Waals surface area contributed by atoms with Gasteiger partial charge in [-0.2, -0.15) is 0 Å². The zero-order valence-corrected chi connectivity index (χ0v) is 9.16. The fourth-order valence-electron chi connectivity index (χ4n) is 1.11. The molecule has 80 valence electrons. The minimum absolute atomic E-state index is 0.369.